The minimum absolute atomic E-state index is 0.0437. The van der Waals surface area contributed by atoms with Gasteiger partial charge in [-0.05, 0) is 36.6 Å². The number of ether oxygens (including phenoxy) is 1. The number of ketones is 1. The third kappa shape index (κ3) is 3.12. The predicted octanol–water partition coefficient (Wildman–Crippen LogP) is 0.885. The van der Waals surface area contributed by atoms with Gasteiger partial charge in [0.1, 0.15) is 6.10 Å². The number of rotatable bonds is 4. The fraction of sp³-hybridized carbons (Fsp3) is 0.471. The molecule has 0 saturated carbocycles. The van der Waals surface area contributed by atoms with Crippen LogP contribution in [0.1, 0.15) is 29.3 Å². The molecule has 0 aromatic heterocycles. The molecule has 1 aliphatic heterocycles. The summed E-state index contributed by atoms with van der Waals surface area (Å²) in [6.45, 7) is 1.91. The van der Waals surface area contributed by atoms with Crippen LogP contribution in [0, 0.1) is 5.92 Å². The Labute approximate surface area is 139 Å². The smallest absolute Gasteiger partial charge is 0.414 e. The third-order valence-electron chi connectivity index (χ3n) is 4.47. The summed E-state index contributed by atoms with van der Waals surface area (Å²) in [6.07, 6.45) is 0.457. The van der Waals surface area contributed by atoms with E-state index in [1.807, 2.05) is 6.07 Å². The summed E-state index contributed by atoms with van der Waals surface area (Å²) in [5, 5.41) is 11.9. The lowest BCUT2D eigenvalue weighted by atomic mass is 9.83. The van der Waals surface area contributed by atoms with E-state index in [-0.39, 0.29) is 30.8 Å². The first-order chi connectivity index (χ1) is 11.5. The lowest BCUT2D eigenvalue weighted by molar-refractivity contribution is -0.119. The van der Waals surface area contributed by atoms with Gasteiger partial charge in [-0.3, -0.25) is 14.5 Å². The van der Waals surface area contributed by atoms with Crippen LogP contribution < -0.4 is 10.2 Å². The minimum Gasteiger partial charge on any atom is -0.442 e. The van der Waals surface area contributed by atoms with Gasteiger partial charge in [-0.2, -0.15) is 0 Å². The normalized spacial score (nSPS) is 23.0. The van der Waals surface area contributed by atoms with Crippen molar-refractivity contribution in [3.63, 3.8) is 0 Å². The van der Waals surface area contributed by atoms with E-state index in [0.29, 0.717) is 30.6 Å². The van der Waals surface area contributed by atoms with Crippen LogP contribution >= 0.6 is 0 Å². The van der Waals surface area contributed by atoms with Gasteiger partial charge in [-0.1, -0.05) is 0 Å². The summed E-state index contributed by atoms with van der Waals surface area (Å²) in [5.74, 6) is -0.546. The topological polar surface area (TPSA) is 95.9 Å². The summed E-state index contributed by atoms with van der Waals surface area (Å²) < 4.78 is 5.25. The Balaban J connectivity index is 1.75. The molecule has 7 heteroatoms. The van der Waals surface area contributed by atoms with E-state index in [4.69, 9.17) is 4.74 Å². The summed E-state index contributed by atoms with van der Waals surface area (Å²) in [5.41, 5.74) is 2.19. The Kier molecular flexibility index (Phi) is 4.53. The maximum Gasteiger partial charge on any atom is 0.414 e. The highest BCUT2D eigenvalue weighted by atomic mass is 16.6. The van der Waals surface area contributed by atoms with Crippen LogP contribution in [0.2, 0.25) is 0 Å². The number of carbonyl (C=O) groups excluding carboxylic acids is 3. The summed E-state index contributed by atoms with van der Waals surface area (Å²) in [4.78, 5) is 36.8. The number of nitrogens with one attached hydrogen (secondary N) is 1. The quantitative estimate of drug-likeness (QED) is 0.853. The highest BCUT2D eigenvalue weighted by Crippen LogP contribution is 2.30. The Morgan fingerprint density at radius 3 is 2.92 bits per heavy atom. The first kappa shape index (κ1) is 16.4. The number of anilines is 1. The molecule has 1 heterocycles. The van der Waals surface area contributed by atoms with Gasteiger partial charge < -0.3 is 15.2 Å². The van der Waals surface area contributed by atoms with E-state index in [9.17, 15) is 19.5 Å². The van der Waals surface area contributed by atoms with Crippen molar-refractivity contribution in [1.29, 1.82) is 0 Å². The molecule has 1 fully saturated rings. The molecular formula is C17H20N2O5. The number of carbonyl (C=O) groups is 3. The Hall–Kier alpha value is -2.41. The summed E-state index contributed by atoms with van der Waals surface area (Å²) in [6, 6.07) is 5.27. The molecule has 2 amide bonds. The molecule has 0 unspecified atom stereocenters. The van der Waals surface area contributed by atoms with Gasteiger partial charge >= 0.3 is 6.09 Å². The molecular weight excluding hydrogens is 312 g/mol. The Morgan fingerprint density at radius 2 is 2.21 bits per heavy atom. The van der Waals surface area contributed by atoms with Crippen molar-refractivity contribution in [2.75, 3.05) is 24.6 Å². The van der Waals surface area contributed by atoms with Gasteiger partial charge in [0.25, 0.3) is 0 Å². The number of aryl methyl sites for hydroxylation is 1. The highest BCUT2D eigenvalue weighted by molar-refractivity contribution is 6.01. The van der Waals surface area contributed by atoms with E-state index >= 15 is 0 Å². The fourth-order valence-electron chi connectivity index (χ4n) is 3.15. The van der Waals surface area contributed by atoms with Gasteiger partial charge in [0.05, 0.1) is 19.7 Å². The number of Topliss-reactive ketones (excluding diaryl/α,β-unsaturated/α-hetero) is 1. The molecule has 0 spiro atoms. The molecule has 0 bridgehead atoms. The number of fused-ring (bicyclic) bond motifs is 1. The summed E-state index contributed by atoms with van der Waals surface area (Å²) >= 11 is 0. The van der Waals surface area contributed by atoms with E-state index in [1.165, 1.54) is 11.8 Å². The first-order valence-electron chi connectivity index (χ1n) is 8.00. The maximum atomic E-state index is 12.2. The fourth-order valence-corrected chi connectivity index (χ4v) is 3.15. The van der Waals surface area contributed by atoms with Crippen molar-refractivity contribution in [3.05, 3.63) is 29.3 Å². The highest BCUT2D eigenvalue weighted by Gasteiger charge is 2.33. The van der Waals surface area contributed by atoms with E-state index < -0.39 is 12.2 Å². The minimum atomic E-state index is -0.458. The summed E-state index contributed by atoms with van der Waals surface area (Å²) in [7, 11) is 0. The number of hydrogen-bond acceptors (Lipinski definition) is 5. The molecule has 1 aromatic carbocycles. The van der Waals surface area contributed by atoms with E-state index in [2.05, 4.69) is 5.32 Å². The number of benzene rings is 1. The Bertz CT molecular complexity index is 688. The predicted molar refractivity (Wildman–Crippen MR) is 86.0 cm³/mol. The van der Waals surface area contributed by atoms with E-state index in [0.717, 1.165) is 5.56 Å². The second-order valence-corrected chi connectivity index (χ2v) is 6.18. The van der Waals surface area contributed by atoms with Crippen LogP contribution in [-0.2, 0) is 16.0 Å². The van der Waals surface area contributed by atoms with Crippen molar-refractivity contribution >= 4 is 23.5 Å². The zero-order valence-electron chi connectivity index (χ0n) is 13.4. The van der Waals surface area contributed by atoms with Crippen molar-refractivity contribution in [2.45, 2.75) is 25.9 Å². The molecule has 2 aliphatic rings. The van der Waals surface area contributed by atoms with Crippen molar-refractivity contribution in [1.82, 2.24) is 5.32 Å². The average molecular weight is 332 g/mol. The van der Waals surface area contributed by atoms with Crippen LogP contribution in [0.5, 0.6) is 0 Å². The Morgan fingerprint density at radius 1 is 1.42 bits per heavy atom. The van der Waals surface area contributed by atoms with E-state index in [1.54, 1.807) is 12.1 Å². The van der Waals surface area contributed by atoms with Crippen LogP contribution in [0.4, 0.5) is 10.5 Å². The van der Waals surface area contributed by atoms with Crippen molar-refractivity contribution in [3.8, 4) is 0 Å². The first-order valence-corrected chi connectivity index (χ1v) is 8.00. The number of aliphatic hydroxyl groups excluding tert-OH is 1. The van der Waals surface area contributed by atoms with Gasteiger partial charge in [-0.15, -0.1) is 0 Å². The number of cyclic esters (lactones) is 1. The van der Waals surface area contributed by atoms with Gasteiger partial charge in [0.15, 0.2) is 5.78 Å². The molecule has 7 nitrogen and oxygen atoms in total. The molecule has 2 N–H and O–H groups in total. The van der Waals surface area contributed by atoms with Crippen LogP contribution in [-0.4, -0.2) is 48.7 Å². The van der Waals surface area contributed by atoms with Crippen LogP contribution in [0.25, 0.3) is 0 Å². The molecule has 2 atom stereocenters. The largest absolute Gasteiger partial charge is 0.442 e. The standard InChI is InChI=1S/C17H20N2O5/c1-10(21)18-7-14-8-19(17(23)24-14)13-4-5-15-11(6-13)2-3-12(9-20)16(15)22/h4-6,12,14,20H,2-3,7-9H2,1H3,(H,18,21)/t12-,14+/m1/s1. The second kappa shape index (κ2) is 6.60. The zero-order valence-corrected chi connectivity index (χ0v) is 13.4. The number of aliphatic hydroxyl groups is 1. The molecule has 0 radical (unpaired) electrons. The van der Waals surface area contributed by atoms with Gasteiger partial charge in [-0.25, -0.2) is 4.79 Å². The lowest BCUT2D eigenvalue weighted by Crippen LogP contribution is -2.33. The molecule has 24 heavy (non-hydrogen) atoms. The lowest BCUT2D eigenvalue weighted by Gasteiger charge is -2.23. The van der Waals surface area contributed by atoms with Crippen molar-refractivity contribution in [2.24, 2.45) is 5.92 Å². The SMILES string of the molecule is CC(=O)NC[C@H]1CN(c2ccc3c(c2)CC[C@H](CO)C3=O)C(=O)O1. The molecule has 3 rings (SSSR count). The maximum absolute atomic E-state index is 12.2. The van der Waals surface area contributed by atoms with Crippen LogP contribution in [0.15, 0.2) is 18.2 Å². The van der Waals surface area contributed by atoms with Crippen LogP contribution in [0.3, 0.4) is 0 Å². The monoisotopic (exact) mass is 332 g/mol. The average Bonchev–Trinajstić information content (AvgIpc) is 2.94. The number of hydrogen-bond donors (Lipinski definition) is 2. The number of amides is 2. The third-order valence-corrected chi connectivity index (χ3v) is 4.47. The zero-order chi connectivity index (χ0) is 17.3. The molecule has 1 saturated heterocycles. The van der Waals surface area contributed by atoms with Gasteiger partial charge in [0, 0.05) is 24.1 Å². The second-order valence-electron chi connectivity index (χ2n) is 6.18. The molecule has 1 aromatic rings. The number of nitrogens with zero attached hydrogens (tertiary/aromatic N) is 1. The van der Waals surface area contributed by atoms with Gasteiger partial charge in [0.2, 0.25) is 5.91 Å². The van der Waals surface area contributed by atoms with Crippen molar-refractivity contribution < 1.29 is 24.2 Å². The molecule has 1 aliphatic carbocycles. The molecule has 128 valence electrons.